The van der Waals surface area contributed by atoms with Crippen molar-refractivity contribution < 1.29 is 4.79 Å². The molecule has 2 aliphatic rings. The quantitative estimate of drug-likeness (QED) is 0.720. The summed E-state index contributed by atoms with van der Waals surface area (Å²) in [7, 11) is 0. The fraction of sp³-hybridized carbons (Fsp3) is 0.909. The van der Waals surface area contributed by atoms with E-state index in [0.29, 0.717) is 5.78 Å². The molecule has 2 nitrogen and oxygen atoms in total. The SMILES string of the molecule is O=C(CC1CCCC1)[C@H]1CCCN1. The lowest BCUT2D eigenvalue weighted by atomic mass is 9.97. The zero-order chi connectivity index (χ0) is 9.10. The van der Waals surface area contributed by atoms with E-state index in [9.17, 15) is 4.79 Å². The van der Waals surface area contributed by atoms with Crippen LogP contribution >= 0.6 is 0 Å². The van der Waals surface area contributed by atoms with E-state index < -0.39 is 0 Å². The van der Waals surface area contributed by atoms with Crippen LogP contribution in [0.2, 0.25) is 0 Å². The van der Waals surface area contributed by atoms with Gasteiger partial charge in [-0.15, -0.1) is 0 Å². The molecule has 1 saturated carbocycles. The van der Waals surface area contributed by atoms with Crippen molar-refractivity contribution in [2.45, 2.75) is 51.0 Å². The van der Waals surface area contributed by atoms with Crippen molar-refractivity contribution in [3.63, 3.8) is 0 Å². The van der Waals surface area contributed by atoms with Gasteiger partial charge in [-0.1, -0.05) is 25.7 Å². The van der Waals surface area contributed by atoms with E-state index in [4.69, 9.17) is 0 Å². The van der Waals surface area contributed by atoms with Gasteiger partial charge in [-0.3, -0.25) is 4.79 Å². The number of ketones is 1. The number of hydrogen-bond acceptors (Lipinski definition) is 2. The Morgan fingerprint density at radius 3 is 2.54 bits per heavy atom. The Labute approximate surface area is 80.1 Å². The molecule has 2 rings (SSSR count). The molecule has 0 bridgehead atoms. The Kier molecular flexibility index (Phi) is 2.99. The molecule has 1 saturated heterocycles. The predicted molar refractivity (Wildman–Crippen MR) is 52.6 cm³/mol. The monoisotopic (exact) mass is 181 g/mol. The molecule has 0 aromatic heterocycles. The Balaban J connectivity index is 1.76. The Bertz CT molecular complexity index is 179. The van der Waals surface area contributed by atoms with Crippen molar-refractivity contribution in [3.05, 3.63) is 0 Å². The van der Waals surface area contributed by atoms with Crippen LogP contribution in [0.1, 0.15) is 44.9 Å². The highest BCUT2D eigenvalue weighted by atomic mass is 16.1. The molecular weight excluding hydrogens is 162 g/mol. The van der Waals surface area contributed by atoms with Gasteiger partial charge in [0.25, 0.3) is 0 Å². The molecule has 2 fully saturated rings. The molecule has 0 radical (unpaired) electrons. The Morgan fingerprint density at radius 1 is 1.15 bits per heavy atom. The molecule has 1 aliphatic carbocycles. The van der Waals surface area contributed by atoms with Crippen molar-refractivity contribution in [1.29, 1.82) is 0 Å². The lowest BCUT2D eigenvalue weighted by molar-refractivity contribution is -0.121. The number of rotatable bonds is 3. The van der Waals surface area contributed by atoms with E-state index >= 15 is 0 Å². The lowest BCUT2D eigenvalue weighted by Crippen LogP contribution is -2.31. The topological polar surface area (TPSA) is 29.1 Å². The number of hydrogen-bond donors (Lipinski definition) is 1. The molecule has 1 heterocycles. The van der Waals surface area contributed by atoms with Crippen LogP contribution in [0.5, 0.6) is 0 Å². The fourth-order valence-electron chi connectivity index (χ4n) is 2.60. The number of carbonyl (C=O) groups is 1. The van der Waals surface area contributed by atoms with Crippen molar-refractivity contribution in [1.82, 2.24) is 5.32 Å². The van der Waals surface area contributed by atoms with E-state index in [1.807, 2.05) is 0 Å². The molecule has 74 valence electrons. The van der Waals surface area contributed by atoms with Crippen LogP contribution in [-0.2, 0) is 4.79 Å². The summed E-state index contributed by atoms with van der Waals surface area (Å²) in [6.07, 6.45) is 8.37. The summed E-state index contributed by atoms with van der Waals surface area (Å²) in [5.41, 5.74) is 0. The standard InChI is InChI=1S/C11H19NO/c13-11(10-6-3-7-12-10)8-9-4-1-2-5-9/h9-10,12H,1-8H2/t10-/m1/s1. The molecule has 1 aliphatic heterocycles. The van der Waals surface area contributed by atoms with Crippen LogP contribution in [-0.4, -0.2) is 18.4 Å². The molecule has 13 heavy (non-hydrogen) atoms. The summed E-state index contributed by atoms with van der Waals surface area (Å²) < 4.78 is 0. The lowest BCUT2D eigenvalue weighted by Gasteiger charge is -2.12. The minimum atomic E-state index is 0.209. The summed E-state index contributed by atoms with van der Waals surface area (Å²) in [4.78, 5) is 11.7. The van der Waals surface area contributed by atoms with Crippen LogP contribution < -0.4 is 5.32 Å². The predicted octanol–water partition coefficient (Wildman–Crippen LogP) is 1.89. The minimum Gasteiger partial charge on any atom is -0.307 e. The summed E-state index contributed by atoms with van der Waals surface area (Å²) in [6, 6.07) is 0.209. The van der Waals surface area contributed by atoms with Gasteiger partial charge in [0.05, 0.1) is 6.04 Å². The van der Waals surface area contributed by atoms with E-state index in [1.54, 1.807) is 0 Å². The Hall–Kier alpha value is -0.370. The maximum atomic E-state index is 11.7. The molecule has 0 spiro atoms. The largest absolute Gasteiger partial charge is 0.307 e. The average Bonchev–Trinajstić information content (AvgIpc) is 2.74. The van der Waals surface area contributed by atoms with Crippen molar-refractivity contribution >= 4 is 5.78 Å². The normalized spacial score (nSPS) is 29.7. The van der Waals surface area contributed by atoms with Crippen molar-refractivity contribution in [2.24, 2.45) is 5.92 Å². The molecular formula is C11H19NO. The zero-order valence-corrected chi connectivity index (χ0v) is 8.22. The van der Waals surface area contributed by atoms with Gasteiger partial charge < -0.3 is 5.32 Å². The summed E-state index contributed by atoms with van der Waals surface area (Å²) in [5.74, 6) is 1.19. The van der Waals surface area contributed by atoms with Crippen LogP contribution in [0.15, 0.2) is 0 Å². The third-order valence-electron chi connectivity index (χ3n) is 3.41. The fourth-order valence-corrected chi connectivity index (χ4v) is 2.60. The summed E-state index contributed by atoms with van der Waals surface area (Å²) in [6.45, 7) is 1.04. The highest BCUT2D eigenvalue weighted by Gasteiger charge is 2.25. The second kappa shape index (κ2) is 4.23. The van der Waals surface area contributed by atoms with Crippen molar-refractivity contribution in [3.8, 4) is 0 Å². The van der Waals surface area contributed by atoms with Gasteiger partial charge in [0.15, 0.2) is 0 Å². The number of Topliss-reactive ketones (excluding diaryl/α,β-unsaturated/α-hetero) is 1. The zero-order valence-electron chi connectivity index (χ0n) is 8.22. The van der Waals surface area contributed by atoms with Crippen LogP contribution in [0.4, 0.5) is 0 Å². The van der Waals surface area contributed by atoms with Crippen LogP contribution in [0.3, 0.4) is 0 Å². The molecule has 2 heteroatoms. The van der Waals surface area contributed by atoms with E-state index in [2.05, 4.69) is 5.32 Å². The Morgan fingerprint density at radius 2 is 1.92 bits per heavy atom. The first-order valence-corrected chi connectivity index (χ1v) is 5.62. The molecule has 0 amide bonds. The second-order valence-electron chi connectivity index (χ2n) is 4.47. The maximum absolute atomic E-state index is 11.7. The second-order valence-corrected chi connectivity index (χ2v) is 4.47. The first-order valence-electron chi connectivity index (χ1n) is 5.62. The van der Waals surface area contributed by atoms with E-state index in [-0.39, 0.29) is 6.04 Å². The minimum absolute atomic E-state index is 0.209. The van der Waals surface area contributed by atoms with Gasteiger partial charge in [0.2, 0.25) is 0 Å². The van der Waals surface area contributed by atoms with Gasteiger partial charge in [0.1, 0.15) is 5.78 Å². The number of carbonyl (C=O) groups excluding carboxylic acids is 1. The third kappa shape index (κ3) is 2.31. The molecule has 1 N–H and O–H groups in total. The van der Waals surface area contributed by atoms with Gasteiger partial charge >= 0.3 is 0 Å². The van der Waals surface area contributed by atoms with Crippen LogP contribution in [0.25, 0.3) is 0 Å². The summed E-state index contributed by atoms with van der Waals surface area (Å²) in [5, 5.41) is 3.28. The van der Waals surface area contributed by atoms with E-state index in [0.717, 1.165) is 25.3 Å². The molecule has 0 aromatic rings. The highest BCUT2D eigenvalue weighted by Crippen LogP contribution is 2.28. The highest BCUT2D eigenvalue weighted by molar-refractivity contribution is 5.84. The van der Waals surface area contributed by atoms with Gasteiger partial charge in [-0.2, -0.15) is 0 Å². The molecule has 0 aromatic carbocycles. The van der Waals surface area contributed by atoms with Gasteiger partial charge in [-0.05, 0) is 25.3 Å². The van der Waals surface area contributed by atoms with Crippen LogP contribution in [0, 0.1) is 5.92 Å². The summed E-state index contributed by atoms with van der Waals surface area (Å²) >= 11 is 0. The maximum Gasteiger partial charge on any atom is 0.150 e. The molecule has 1 atom stereocenters. The first-order chi connectivity index (χ1) is 6.36. The average molecular weight is 181 g/mol. The number of nitrogens with one attached hydrogen (secondary N) is 1. The molecule has 0 unspecified atom stereocenters. The van der Waals surface area contributed by atoms with Crippen molar-refractivity contribution in [2.75, 3.05) is 6.54 Å². The van der Waals surface area contributed by atoms with Gasteiger partial charge in [0, 0.05) is 6.42 Å². The van der Waals surface area contributed by atoms with E-state index in [1.165, 1.54) is 32.1 Å². The van der Waals surface area contributed by atoms with Gasteiger partial charge in [-0.25, -0.2) is 0 Å². The first kappa shape index (κ1) is 9.20. The third-order valence-corrected chi connectivity index (χ3v) is 3.41. The smallest absolute Gasteiger partial charge is 0.150 e.